The number of alkyl halides is 3. The van der Waals surface area contributed by atoms with Gasteiger partial charge in [-0.1, -0.05) is 6.07 Å². The second-order valence-electron chi connectivity index (χ2n) is 3.79. The minimum atomic E-state index is -4.50. The van der Waals surface area contributed by atoms with Crippen molar-refractivity contribution in [3.63, 3.8) is 0 Å². The number of carbonyl (C=O) groups excluding carboxylic acids is 1. The van der Waals surface area contributed by atoms with Gasteiger partial charge in [-0.25, -0.2) is 0 Å². The van der Waals surface area contributed by atoms with Gasteiger partial charge in [0, 0.05) is 10.9 Å². The zero-order chi connectivity index (χ0) is 14.2. The molecule has 1 heterocycles. The Hall–Kier alpha value is -2.22. The molecule has 2 aromatic rings. The van der Waals surface area contributed by atoms with Crippen molar-refractivity contribution in [1.29, 1.82) is 0 Å². The third-order valence-electron chi connectivity index (χ3n) is 2.43. The van der Waals surface area contributed by atoms with Gasteiger partial charge in [0.15, 0.2) is 5.96 Å². The molecule has 0 aliphatic heterocycles. The summed E-state index contributed by atoms with van der Waals surface area (Å²) in [6.07, 6.45) is -4.50. The van der Waals surface area contributed by atoms with Crippen LogP contribution < -0.4 is 11.5 Å². The summed E-state index contributed by atoms with van der Waals surface area (Å²) in [7, 11) is 0. The minimum Gasteiger partial charge on any atom is -0.370 e. The van der Waals surface area contributed by atoms with Crippen molar-refractivity contribution in [2.75, 3.05) is 0 Å². The van der Waals surface area contributed by atoms with E-state index in [0.29, 0.717) is 0 Å². The molecule has 0 aliphatic carbocycles. The monoisotopic (exact) mass is 306 g/mol. The summed E-state index contributed by atoms with van der Waals surface area (Å²) >= 11 is 0. The van der Waals surface area contributed by atoms with E-state index >= 15 is 0 Å². The van der Waals surface area contributed by atoms with Crippen LogP contribution in [0, 0.1) is 0 Å². The molecule has 1 aromatic heterocycles. The van der Waals surface area contributed by atoms with Gasteiger partial charge >= 0.3 is 6.18 Å². The van der Waals surface area contributed by atoms with E-state index < -0.39 is 23.6 Å². The van der Waals surface area contributed by atoms with E-state index in [0.717, 1.165) is 12.1 Å². The number of rotatable bonds is 1. The van der Waals surface area contributed by atoms with Gasteiger partial charge in [0.05, 0.1) is 5.56 Å². The van der Waals surface area contributed by atoms with E-state index in [2.05, 4.69) is 9.98 Å². The Labute approximate surface area is 117 Å². The van der Waals surface area contributed by atoms with Gasteiger partial charge in [-0.15, -0.1) is 12.4 Å². The van der Waals surface area contributed by atoms with Gasteiger partial charge < -0.3 is 16.5 Å². The summed E-state index contributed by atoms with van der Waals surface area (Å²) in [6.45, 7) is 0. The average Bonchev–Trinajstić information content (AvgIpc) is 2.69. The molecule has 0 fully saturated rings. The number of nitrogens with two attached hydrogens (primary N) is 2. The topological polar surface area (TPSA) is 97.3 Å². The van der Waals surface area contributed by atoms with Crippen LogP contribution in [0.4, 0.5) is 13.2 Å². The standard InChI is InChI=1S/C11H9F3N4O.ClH/c12-11(13,14)6-2-1-3-7-5(6)4-8(17-7)9(19)18-10(15)16;/h1-4,17H,(H4,15,16,18,19);1H. The van der Waals surface area contributed by atoms with Crippen molar-refractivity contribution < 1.29 is 18.0 Å². The normalized spacial score (nSPS) is 10.9. The number of fused-ring (bicyclic) bond motifs is 1. The number of amides is 1. The number of nitrogens with one attached hydrogen (secondary N) is 1. The predicted octanol–water partition coefficient (Wildman–Crippen LogP) is 2.02. The molecule has 0 saturated heterocycles. The maximum Gasteiger partial charge on any atom is 0.417 e. The first-order chi connectivity index (χ1) is 8.79. The molecule has 0 saturated carbocycles. The molecule has 108 valence electrons. The lowest BCUT2D eigenvalue weighted by Crippen LogP contribution is -2.24. The first kappa shape index (κ1) is 15.8. The van der Waals surface area contributed by atoms with E-state index in [1.54, 1.807) is 0 Å². The molecule has 1 aromatic carbocycles. The molecule has 0 bridgehead atoms. The molecule has 0 unspecified atom stereocenters. The van der Waals surface area contributed by atoms with Gasteiger partial charge in [0.2, 0.25) is 0 Å². The summed E-state index contributed by atoms with van der Waals surface area (Å²) in [6, 6.07) is 4.69. The van der Waals surface area contributed by atoms with E-state index in [1.807, 2.05) is 0 Å². The number of aliphatic imine (C=N–C) groups is 1. The predicted molar refractivity (Wildman–Crippen MR) is 70.7 cm³/mol. The number of hydrogen-bond donors (Lipinski definition) is 3. The van der Waals surface area contributed by atoms with Crippen LogP contribution in [-0.4, -0.2) is 16.9 Å². The van der Waals surface area contributed by atoms with Crippen LogP contribution in [0.1, 0.15) is 16.1 Å². The first-order valence-electron chi connectivity index (χ1n) is 5.12. The number of guanidine groups is 1. The second-order valence-corrected chi connectivity index (χ2v) is 3.79. The molecule has 5 N–H and O–H groups in total. The fourth-order valence-corrected chi connectivity index (χ4v) is 1.70. The zero-order valence-electron chi connectivity index (χ0n) is 9.86. The van der Waals surface area contributed by atoms with Crippen molar-refractivity contribution in [3.05, 3.63) is 35.5 Å². The Morgan fingerprint density at radius 3 is 2.45 bits per heavy atom. The molecule has 0 radical (unpaired) electrons. The van der Waals surface area contributed by atoms with Crippen LogP contribution in [0.3, 0.4) is 0 Å². The van der Waals surface area contributed by atoms with E-state index in [1.165, 1.54) is 12.1 Å². The van der Waals surface area contributed by atoms with Crippen molar-refractivity contribution in [1.82, 2.24) is 4.98 Å². The van der Waals surface area contributed by atoms with Crippen molar-refractivity contribution in [2.24, 2.45) is 16.5 Å². The smallest absolute Gasteiger partial charge is 0.370 e. The lowest BCUT2D eigenvalue weighted by Gasteiger charge is -2.06. The Balaban J connectivity index is 0.00000200. The Morgan fingerprint density at radius 1 is 1.25 bits per heavy atom. The number of aromatic amines is 1. The molecule has 0 aliphatic rings. The van der Waals surface area contributed by atoms with Crippen LogP contribution in [0.25, 0.3) is 10.9 Å². The quantitative estimate of drug-likeness (QED) is 0.555. The zero-order valence-corrected chi connectivity index (χ0v) is 10.7. The van der Waals surface area contributed by atoms with Crippen molar-refractivity contribution >= 4 is 35.2 Å². The van der Waals surface area contributed by atoms with Gasteiger partial charge in [-0.2, -0.15) is 18.2 Å². The number of carbonyl (C=O) groups is 1. The molecule has 0 atom stereocenters. The maximum absolute atomic E-state index is 12.8. The molecular weight excluding hydrogens is 297 g/mol. The van der Waals surface area contributed by atoms with Crippen molar-refractivity contribution in [3.8, 4) is 0 Å². The lowest BCUT2D eigenvalue weighted by molar-refractivity contribution is -0.136. The average molecular weight is 307 g/mol. The highest BCUT2D eigenvalue weighted by molar-refractivity contribution is 6.04. The summed E-state index contributed by atoms with van der Waals surface area (Å²) in [4.78, 5) is 17.3. The maximum atomic E-state index is 12.8. The van der Waals surface area contributed by atoms with Gasteiger partial charge in [-0.3, -0.25) is 4.79 Å². The van der Waals surface area contributed by atoms with Crippen LogP contribution in [0.15, 0.2) is 29.3 Å². The Morgan fingerprint density at radius 2 is 1.90 bits per heavy atom. The first-order valence-corrected chi connectivity index (χ1v) is 5.12. The third-order valence-corrected chi connectivity index (χ3v) is 2.43. The van der Waals surface area contributed by atoms with Gasteiger partial charge in [-0.05, 0) is 18.2 Å². The van der Waals surface area contributed by atoms with Crippen LogP contribution in [-0.2, 0) is 6.18 Å². The van der Waals surface area contributed by atoms with Crippen molar-refractivity contribution in [2.45, 2.75) is 6.18 Å². The third kappa shape index (κ3) is 3.02. The molecule has 9 heteroatoms. The molecule has 20 heavy (non-hydrogen) atoms. The van der Waals surface area contributed by atoms with E-state index in [4.69, 9.17) is 11.5 Å². The molecule has 1 amide bonds. The highest BCUT2D eigenvalue weighted by Crippen LogP contribution is 2.35. The van der Waals surface area contributed by atoms with Gasteiger partial charge in [0.1, 0.15) is 5.69 Å². The fraction of sp³-hybridized carbons (Fsp3) is 0.0909. The van der Waals surface area contributed by atoms with E-state index in [9.17, 15) is 18.0 Å². The second kappa shape index (κ2) is 5.41. The fourth-order valence-electron chi connectivity index (χ4n) is 1.70. The largest absolute Gasteiger partial charge is 0.417 e. The molecule has 5 nitrogen and oxygen atoms in total. The lowest BCUT2D eigenvalue weighted by atomic mass is 10.1. The van der Waals surface area contributed by atoms with Crippen LogP contribution in [0.5, 0.6) is 0 Å². The molecule has 0 spiro atoms. The number of benzene rings is 1. The Kier molecular flexibility index (Phi) is 4.29. The molecule has 2 rings (SSSR count). The number of halogens is 4. The van der Waals surface area contributed by atoms with Crippen LogP contribution in [0.2, 0.25) is 0 Å². The summed E-state index contributed by atoms with van der Waals surface area (Å²) in [5.74, 6) is -1.29. The SMILES string of the molecule is Cl.NC(N)=NC(=O)c1cc2c(C(F)(F)F)cccc2[nH]1. The summed E-state index contributed by atoms with van der Waals surface area (Å²) < 4.78 is 38.3. The highest BCUT2D eigenvalue weighted by Gasteiger charge is 2.33. The number of nitrogens with zero attached hydrogens (tertiary/aromatic N) is 1. The molecular formula is C11H10ClF3N4O. The summed E-state index contributed by atoms with van der Waals surface area (Å²) in [5.41, 5.74) is 9.32. The van der Waals surface area contributed by atoms with Gasteiger partial charge in [0.25, 0.3) is 5.91 Å². The Bertz CT molecular complexity index is 674. The number of aromatic nitrogens is 1. The van der Waals surface area contributed by atoms with Crippen LogP contribution >= 0.6 is 12.4 Å². The number of H-pyrrole nitrogens is 1. The van der Waals surface area contributed by atoms with E-state index in [-0.39, 0.29) is 29.0 Å². The minimum absolute atomic E-state index is 0. The summed E-state index contributed by atoms with van der Waals surface area (Å²) in [5, 5.41) is -0.107. The number of hydrogen-bond acceptors (Lipinski definition) is 1. The highest BCUT2D eigenvalue weighted by atomic mass is 35.5.